The van der Waals surface area contributed by atoms with Gasteiger partial charge in [0.15, 0.2) is 5.65 Å². The largest absolute Gasteiger partial charge is 0.302 e. The van der Waals surface area contributed by atoms with Gasteiger partial charge in [-0.15, -0.1) is 0 Å². The molecule has 6 nitrogen and oxygen atoms in total. The Labute approximate surface area is 153 Å². The lowest BCUT2D eigenvalue weighted by molar-refractivity contribution is 0.220. The highest BCUT2D eigenvalue weighted by molar-refractivity contribution is 5.75. The fourth-order valence-corrected chi connectivity index (χ4v) is 3.76. The summed E-state index contributed by atoms with van der Waals surface area (Å²) < 4.78 is 3.48. The molecular formula is C20H25N5O. The quantitative estimate of drug-likeness (QED) is 0.725. The number of hydrogen-bond acceptors (Lipinski definition) is 4. The van der Waals surface area contributed by atoms with Crippen LogP contribution in [0.5, 0.6) is 0 Å². The molecule has 0 atom stereocenters. The Hall–Kier alpha value is -2.47. The summed E-state index contributed by atoms with van der Waals surface area (Å²) in [5.41, 5.74) is 3.89. The topological polar surface area (TPSA) is 56.0 Å². The van der Waals surface area contributed by atoms with Crippen LogP contribution in [0.15, 0.2) is 35.5 Å². The molecule has 0 unspecified atom stereocenters. The smallest absolute Gasteiger partial charge is 0.264 e. The Balaban J connectivity index is 1.63. The first-order valence-electron chi connectivity index (χ1n) is 9.36. The molecule has 2 aromatic heterocycles. The van der Waals surface area contributed by atoms with Gasteiger partial charge in [0, 0.05) is 13.1 Å². The normalized spacial score (nSPS) is 15.6. The van der Waals surface area contributed by atoms with Gasteiger partial charge in [0.25, 0.3) is 5.56 Å². The number of nitrogens with zero attached hydrogens (tertiary/aromatic N) is 5. The van der Waals surface area contributed by atoms with Crippen LogP contribution in [-0.4, -0.2) is 43.9 Å². The van der Waals surface area contributed by atoms with E-state index in [1.165, 1.54) is 24.8 Å². The minimum Gasteiger partial charge on any atom is -0.302 e. The Kier molecular flexibility index (Phi) is 4.59. The van der Waals surface area contributed by atoms with E-state index in [0.717, 1.165) is 30.9 Å². The number of fused-ring (bicyclic) bond motifs is 1. The summed E-state index contributed by atoms with van der Waals surface area (Å²) in [5, 5.41) is 5.01. The van der Waals surface area contributed by atoms with Gasteiger partial charge in [0.2, 0.25) is 0 Å². The van der Waals surface area contributed by atoms with Crippen molar-refractivity contribution in [2.45, 2.75) is 39.7 Å². The molecule has 0 radical (unpaired) electrons. The summed E-state index contributed by atoms with van der Waals surface area (Å²) in [6.07, 6.45) is 7.14. The monoisotopic (exact) mass is 351 g/mol. The molecule has 0 amide bonds. The number of piperidine rings is 1. The van der Waals surface area contributed by atoms with E-state index < -0.39 is 0 Å². The van der Waals surface area contributed by atoms with Crippen LogP contribution in [-0.2, 0) is 6.54 Å². The molecule has 136 valence electrons. The van der Waals surface area contributed by atoms with Gasteiger partial charge >= 0.3 is 0 Å². The highest BCUT2D eigenvalue weighted by Crippen LogP contribution is 2.18. The van der Waals surface area contributed by atoms with Crippen molar-refractivity contribution >= 4 is 11.0 Å². The number of aromatic nitrogens is 4. The Morgan fingerprint density at radius 3 is 2.65 bits per heavy atom. The molecule has 1 aromatic carbocycles. The van der Waals surface area contributed by atoms with E-state index in [-0.39, 0.29) is 5.56 Å². The third-order valence-electron chi connectivity index (χ3n) is 5.24. The third-order valence-corrected chi connectivity index (χ3v) is 5.24. The average molecular weight is 351 g/mol. The molecule has 3 heterocycles. The molecule has 0 aliphatic carbocycles. The molecule has 1 aliphatic rings. The lowest BCUT2D eigenvalue weighted by Crippen LogP contribution is -2.34. The summed E-state index contributed by atoms with van der Waals surface area (Å²) in [5.74, 6) is 0. The summed E-state index contributed by atoms with van der Waals surface area (Å²) in [6.45, 7) is 7.96. The standard InChI is InChI=1S/C20H25N5O/c1-15-6-7-18(16(2)12-15)25-19-17(13-22-25)20(26)24(14-21-19)11-10-23-8-4-3-5-9-23/h6-7,12-14H,3-5,8-11H2,1-2H3. The summed E-state index contributed by atoms with van der Waals surface area (Å²) in [4.78, 5) is 19.8. The molecule has 6 heteroatoms. The predicted octanol–water partition coefficient (Wildman–Crippen LogP) is 2.68. The minimum absolute atomic E-state index is 0.0111. The first-order chi connectivity index (χ1) is 12.6. The molecular weight excluding hydrogens is 326 g/mol. The fraction of sp³-hybridized carbons (Fsp3) is 0.450. The van der Waals surface area contributed by atoms with E-state index in [9.17, 15) is 4.79 Å². The summed E-state index contributed by atoms with van der Waals surface area (Å²) in [7, 11) is 0. The van der Waals surface area contributed by atoms with Crippen LogP contribution in [0.2, 0.25) is 0 Å². The molecule has 1 saturated heterocycles. The second-order valence-corrected chi connectivity index (χ2v) is 7.23. The fourth-order valence-electron chi connectivity index (χ4n) is 3.76. The Bertz CT molecular complexity index is 982. The molecule has 4 rings (SSSR count). The second-order valence-electron chi connectivity index (χ2n) is 7.23. The number of likely N-dealkylation sites (tertiary alicyclic amines) is 1. The molecule has 0 bridgehead atoms. The minimum atomic E-state index is -0.0111. The van der Waals surface area contributed by atoms with Crippen molar-refractivity contribution < 1.29 is 0 Å². The zero-order valence-corrected chi connectivity index (χ0v) is 15.5. The van der Waals surface area contributed by atoms with Crippen molar-refractivity contribution in [2.75, 3.05) is 19.6 Å². The molecule has 1 fully saturated rings. The van der Waals surface area contributed by atoms with E-state index >= 15 is 0 Å². The van der Waals surface area contributed by atoms with Gasteiger partial charge in [-0.2, -0.15) is 5.10 Å². The first-order valence-corrected chi connectivity index (χ1v) is 9.36. The van der Waals surface area contributed by atoms with Crippen molar-refractivity contribution in [3.63, 3.8) is 0 Å². The van der Waals surface area contributed by atoms with Crippen LogP contribution in [0.25, 0.3) is 16.7 Å². The average Bonchev–Trinajstić information content (AvgIpc) is 3.07. The van der Waals surface area contributed by atoms with E-state index in [0.29, 0.717) is 17.6 Å². The van der Waals surface area contributed by atoms with Gasteiger partial charge in [-0.3, -0.25) is 9.36 Å². The Morgan fingerprint density at radius 1 is 1.08 bits per heavy atom. The van der Waals surface area contributed by atoms with Gasteiger partial charge < -0.3 is 4.90 Å². The van der Waals surface area contributed by atoms with Crippen LogP contribution in [0.1, 0.15) is 30.4 Å². The predicted molar refractivity (Wildman–Crippen MR) is 103 cm³/mol. The van der Waals surface area contributed by atoms with Crippen molar-refractivity contribution in [3.05, 3.63) is 52.2 Å². The summed E-state index contributed by atoms with van der Waals surface area (Å²) in [6, 6.07) is 6.19. The van der Waals surface area contributed by atoms with Crippen LogP contribution >= 0.6 is 0 Å². The molecule has 0 saturated carbocycles. The molecule has 0 N–H and O–H groups in total. The van der Waals surface area contributed by atoms with Crippen molar-refractivity contribution in [1.82, 2.24) is 24.2 Å². The molecule has 1 aliphatic heterocycles. The number of aryl methyl sites for hydroxylation is 2. The van der Waals surface area contributed by atoms with Gasteiger partial charge in [0.1, 0.15) is 11.7 Å². The lowest BCUT2D eigenvalue weighted by Gasteiger charge is -2.26. The second kappa shape index (κ2) is 7.03. The zero-order chi connectivity index (χ0) is 18.1. The molecule has 26 heavy (non-hydrogen) atoms. The number of hydrogen-bond donors (Lipinski definition) is 0. The molecule has 3 aromatic rings. The Morgan fingerprint density at radius 2 is 1.88 bits per heavy atom. The lowest BCUT2D eigenvalue weighted by atomic mass is 10.1. The van der Waals surface area contributed by atoms with Crippen molar-refractivity contribution in [3.8, 4) is 5.69 Å². The van der Waals surface area contributed by atoms with E-state index in [1.54, 1.807) is 21.8 Å². The van der Waals surface area contributed by atoms with Gasteiger partial charge in [-0.25, -0.2) is 9.67 Å². The zero-order valence-electron chi connectivity index (χ0n) is 15.5. The number of benzene rings is 1. The maximum Gasteiger partial charge on any atom is 0.264 e. The maximum absolute atomic E-state index is 12.8. The van der Waals surface area contributed by atoms with Crippen molar-refractivity contribution in [1.29, 1.82) is 0 Å². The maximum atomic E-state index is 12.8. The van der Waals surface area contributed by atoms with Gasteiger partial charge in [-0.05, 0) is 51.4 Å². The molecule has 0 spiro atoms. The van der Waals surface area contributed by atoms with E-state index in [1.807, 2.05) is 6.07 Å². The summed E-state index contributed by atoms with van der Waals surface area (Å²) >= 11 is 0. The highest BCUT2D eigenvalue weighted by atomic mass is 16.1. The number of rotatable bonds is 4. The van der Waals surface area contributed by atoms with Crippen LogP contribution in [0.3, 0.4) is 0 Å². The highest BCUT2D eigenvalue weighted by Gasteiger charge is 2.14. The third kappa shape index (κ3) is 3.17. The van der Waals surface area contributed by atoms with Crippen LogP contribution in [0.4, 0.5) is 0 Å². The first kappa shape index (κ1) is 17.0. The van der Waals surface area contributed by atoms with E-state index in [2.05, 4.69) is 41.0 Å². The SMILES string of the molecule is Cc1ccc(-n2ncc3c(=O)n(CCN4CCCCC4)cnc32)c(C)c1. The van der Waals surface area contributed by atoms with E-state index in [4.69, 9.17) is 0 Å². The van der Waals surface area contributed by atoms with Crippen LogP contribution < -0.4 is 5.56 Å². The van der Waals surface area contributed by atoms with Gasteiger partial charge in [0.05, 0.1) is 11.9 Å². The van der Waals surface area contributed by atoms with Crippen LogP contribution in [0, 0.1) is 13.8 Å². The van der Waals surface area contributed by atoms with Gasteiger partial charge in [-0.1, -0.05) is 24.1 Å². The van der Waals surface area contributed by atoms with Crippen molar-refractivity contribution in [2.24, 2.45) is 0 Å².